The molecule has 0 fully saturated rings. The summed E-state index contributed by atoms with van der Waals surface area (Å²) in [5, 5.41) is 2.63. The fraction of sp³-hybridized carbons (Fsp3) is 0.294. The number of ether oxygens (including phenoxy) is 2. The van der Waals surface area contributed by atoms with Crippen LogP contribution < -0.4 is 10.1 Å². The van der Waals surface area contributed by atoms with Gasteiger partial charge in [-0.1, -0.05) is 30.3 Å². The van der Waals surface area contributed by atoms with E-state index in [1.807, 2.05) is 51.1 Å². The lowest BCUT2D eigenvalue weighted by Crippen LogP contribution is -2.27. The highest BCUT2D eigenvalue weighted by atomic mass is 16.6. The molecule has 1 N–H and O–H groups in total. The fourth-order valence-corrected chi connectivity index (χ4v) is 1.73. The number of amides is 1. The van der Waals surface area contributed by atoms with Gasteiger partial charge in [0.1, 0.15) is 18.0 Å². The predicted octanol–water partition coefficient (Wildman–Crippen LogP) is 4.01. The van der Waals surface area contributed by atoms with Crippen LogP contribution in [-0.4, -0.2) is 16.7 Å². The molecular weight excluding hydrogens is 280 g/mol. The summed E-state index contributed by atoms with van der Waals surface area (Å²) in [4.78, 5) is 15.8. The van der Waals surface area contributed by atoms with Crippen molar-refractivity contribution >= 4 is 11.8 Å². The van der Waals surface area contributed by atoms with Crippen LogP contribution in [0, 0.1) is 0 Å². The average Bonchev–Trinajstić information content (AvgIpc) is 2.44. The molecule has 0 aliphatic heterocycles. The zero-order valence-corrected chi connectivity index (χ0v) is 13.0. The number of nitrogens with one attached hydrogen (secondary N) is 1. The third kappa shape index (κ3) is 5.44. The highest BCUT2D eigenvalue weighted by molar-refractivity contribution is 5.84. The number of hydrogen-bond acceptors (Lipinski definition) is 4. The van der Waals surface area contributed by atoms with Crippen molar-refractivity contribution in [2.45, 2.75) is 33.0 Å². The molecule has 2 rings (SSSR count). The molecule has 22 heavy (non-hydrogen) atoms. The molecular formula is C17H20N2O3. The second kappa shape index (κ2) is 6.93. The third-order valence-corrected chi connectivity index (χ3v) is 2.61. The van der Waals surface area contributed by atoms with Gasteiger partial charge in [0, 0.05) is 6.07 Å². The molecule has 5 heteroatoms. The van der Waals surface area contributed by atoms with Crippen molar-refractivity contribution in [2.75, 3.05) is 5.32 Å². The first-order valence-electron chi connectivity index (χ1n) is 7.04. The van der Waals surface area contributed by atoms with Gasteiger partial charge in [0.05, 0.1) is 18.1 Å². The molecule has 5 nitrogen and oxygen atoms in total. The van der Waals surface area contributed by atoms with E-state index in [0.29, 0.717) is 18.0 Å². The topological polar surface area (TPSA) is 60.5 Å². The van der Waals surface area contributed by atoms with E-state index in [1.165, 1.54) is 0 Å². The van der Waals surface area contributed by atoms with E-state index >= 15 is 0 Å². The second-order valence-corrected chi connectivity index (χ2v) is 5.81. The monoisotopic (exact) mass is 300 g/mol. The third-order valence-electron chi connectivity index (χ3n) is 2.61. The Morgan fingerprint density at radius 1 is 1.18 bits per heavy atom. The number of nitrogens with zero attached hydrogens (tertiary/aromatic N) is 1. The van der Waals surface area contributed by atoms with Crippen molar-refractivity contribution in [1.29, 1.82) is 0 Å². The number of carbonyl (C=O) groups is 1. The number of anilines is 1. The van der Waals surface area contributed by atoms with E-state index < -0.39 is 11.7 Å². The van der Waals surface area contributed by atoms with Gasteiger partial charge in [0.25, 0.3) is 0 Å². The molecule has 0 radical (unpaired) electrons. The summed E-state index contributed by atoms with van der Waals surface area (Å²) in [6.45, 7) is 5.87. The highest BCUT2D eigenvalue weighted by Crippen LogP contribution is 2.18. The van der Waals surface area contributed by atoms with E-state index in [2.05, 4.69) is 10.3 Å². The second-order valence-electron chi connectivity index (χ2n) is 5.81. The molecule has 1 amide bonds. The van der Waals surface area contributed by atoms with Gasteiger partial charge in [-0.05, 0) is 26.3 Å². The van der Waals surface area contributed by atoms with Crippen molar-refractivity contribution in [3.8, 4) is 5.75 Å². The van der Waals surface area contributed by atoms with Crippen LogP contribution in [0.1, 0.15) is 26.3 Å². The van der Waals surface area contributed by atoms with Gasteiger partial charge in [-0.15, -0.1) is 0 Å². The Balaban J connectivity index is 1.94. The Hall–Kier alpha value is -2.56. The first-order chi connectivity index (χ1) is 10.4. The van der Waals surface area contributed by atoms with Crippen molar-refractivity contribution < 1.29 is 14.3 Å². The molecule has 0 atom stereocenters. The SMILES string of the molecule is CC(C)(C)OC(=O)Nc1cncc(OCc2ccccc2)c1. The molecule has 0 bridgehead atoms. The van der Waals surface area contributed by atoms with E-state index in [1.54, 1.807) is 18.5 Å². The lowest BCUT2D eigenvalue weighted by atomic mass is 10.2. The van der Waals surface area contributed by atoms with Crippen LogP contribution in [-0.2, 0) is 11.3 Å². The van der Waals surface area contributed by atoms with Crippen LogP contribution >= 0.6 is 0 Å². The molecule has 116 valence electrons. The van der Waals surface area contributed by atoms with Gasteiger partial charge in [0.15, 0.2) is 0 Å². The Kier molecular flexibility index (Phi) is 4.99. The van der Waals surface area contributed by atoms with Crippen LogP contribution in [0.3, 0.4) is 0 Å². The van der Waals surface area contributed by atoms with E-state index in [0.717, 1.165) is 5.56 Å². The first-order valence-corrected chi connectivity index (χ1v) is 7.04. The summed E-state index contributed by atoms with van der Waals surface area (Å²) >= 11 is 0. The first kappa shape index (κ1) is 15.8. The van der Waals surface area contributed by atoms with Crippen molar-refractivity contribution in [3.05, 3.63) is 54.4 Å². The standard InChI is InChI=1S/C17H20N2O3/c1-17(2,3)22-16(20)19-14-9-15(11-18-10-14)21-12-13-7-5-4-6-8-13/h4-11H,12H2,1-3H3,(H,19,20). The van der Waals surface area contributed by atoms with Crippen molar-refractivity contribution in [3.63, 3.8) is 0 Å². The number of aromatic nitrogens is 1. The van der Waals surface area contributed by atoms with Gasteiger partial charge in [-0.3, -0.25) is 10.3 Å². The predicted molar refractivity (Wildman–Crippen MR) is 84.9 cm³/mol. The van der Waals surface area contributed by atoms with Crippen LogP contribution in [0.25, 0.3) is 0 Å². The maximum absolute atomic E-state index is 11.7. The van der Waals surface area contributed by atoms with Crippen LogP contribution in [0.15, 0.2) is 48.8 Å². The molecule has 0 aliphatic carbocycles. The number of benzene rings is 1. The molecule has 0 aliphatic rings. The largest absolute Gasteiger partial charge is 0.487 e. The Morgan fingerprint density at radius 3 is 2.59 bits per heavy atom. The summed E-state index contributed by atoms with van der Waals surface area (Å²) in [7, 11) is 0. The van der Waals surface area contributed by atoms with Gasteiger partial charge in [0.2, 0.25) is 0 Å². The van der Waals surface area contributed by atoms with Crippen LogP contribution in [0.4, 0.5) is 10.5 Å². The highest BCUT2D eigenvalue weighted by Gasteiger charge is 2.16. The number of carbonyl (C=O) groups excluding carboxylic acids is 1. The van der Waals surface area contributed by atoms with Gasteiger partial charge in [-0.25, -0.2) is 4.79 Å². The summed E-state index contributed by atoms with van der Waals surface area (Å²) < 4.78 is 10.9. The van der Waals surface area contributed by atoms with Crippen LogP contribution in [0.5, 0.6) is 5.75 Å². The molecule has 1 aromatic carbocycles. The van der Waals surface area contributed by atoms with E-state index in [9.17, 15) is 4.79 Å². The molecule has 1 aromatic heterocycles. The number of rotatable bonds is 4. The zero-order valence-electron chi connectivity index (χ0n) is 13.0. The lowest BCUT2D eigenvalue weighted by Gasteiger charge is -2.19. The maximum atomic E-state index is 11.7. The summed E-state index contributed by atoms with van der Waals surface area (Å²) in [6.07, 6.45) is 2.62. The minimum Gasteiger partial charge on any atom is -0.487 e. The van der Waals surface area contributed by atoms with E-state index in [-0.39, 0.29) is 0 Å². The Morgan fingerprint density at radius 2 is 1.91 bits per heavy atom. The Labute approximate surface area is 130 Å². The fourth-order valence-electron chi connectivity index (χ4n) is 1.73. The maximum Gasteiger partial charge on any atom is 0.412 e. The quantitative estimate of drug-likeness (QED) is 0.927. The molecule has 0 unspecified atom stereocenters. The average molecular weight is 300 g/mol. The minimum absolute atomic E-state index is 0.443. The molecule has 1 heterocycles. The van der Waals surface area contributed by atoms with Gasteiger partial charge >= 0.3 is 6.09 Å². The smallest absolute Gasteiger partial charge is 0.412 e. The van der Waals surface area contributed by atoms with Gasteiger partial charge in [-0.2, -0.15) is 0 Å². The molecule has 0 saturated heterocycles. The lowest BCUT2D eigenvalue weighted by molar-refractivity contribution is 0.0636. The Bertz CT molecular complexity index is 621. The van der Waals surface area contributed by atoms with Crippen molar-refractivity contribution in [2.24, 2.45) is 0 Å². The summed E-state index contributed by atoms with van der Waals surface area (Å²) in [6, 6.07) is 11.5. The van der Waals surface area contributed by atoms with Crippen molar-refractivity contribution in [1.82, 2.24) is 4.98 Å². The summed E-state index contributed by atoms with van der Waals surface area (Å²) in [5.74, 6) is 0.581. The number of hydrogen-bond donors (Lipinski definition) is 1. The van der Waals surface area contributed by atoms with E-state index in [4.69, 9.17) is 9.47 Å². The molecule has 0 saturated carbocycles. The number of pyridine rings is 1. The minimum atomic E-state index is -0.543. The summed E-state index contributed by atoms with van der Waals surface area (Å²) in [5.41, 5.74) is 1.05. The normalized spacial score (nSPS) is 10.9. The van der Waals surface area contributed by atoms with Gasteiger partial charge < -0.3 is 9.47 Å². The van der Waals surface area contributed by atoms with Crippen LogP contribution in [0.2, 0.25) is 0 Å². The molecule has 2 aromatic rings. The zero-order chi connectivity index (χ0) is 16.0. The molecule has 0 spiro atoms.